The number of rotatable bonds is 2. The number of likely N-dealkylation sites (tertiary alicyclic amines) is 1. The van der Waals surface area contributed by atoms with Crippen LogP contribution in [-0.2, 0) is 13.0 Å². The molecule has 24 heavy (non-hydrogen) atoms. The lowest BCUT2D eigenvalue weighted by atomic mass is 9.94. The van der Waals surface area contributed by atoms with Gasteiger partial charge in [0.15, 0.2) is 0 Å². The van der Waals surface area contributed by atoms with Crippen molar-refractivity contribution in [3.05, 3.63) is 47.5 Å². The average molecular weight is 327 g/mol. The predicted octanol–water partition coefficient (Wildman–Crippen LogP) is 0.438. The Morgan fingerprint density at radius 1 is 1.25 bits per heavy atom. The van der Waals surface area contributed by atoms with Crippen LogP contribution < -0.4 is 0 Å². The number of β-amino-alcohol motifs (C(OH)–C–C–N with tert-alkyl or cyclic N) is 1. The fourth-order valence-electron chi connectivity index (χ4n) is 3.79. The van der Waals surface area contributed by atoms with Gasteiger partial charge in [-0.3, -0.25) is 14.8 Å². The minimum Gasteiger partial charge on any atom is -0.390 e. The molecule has 2 aliphatic heterocycles. The van der Waals surface area contributed by atoms with Crippen molar-refractivity contribution in [3.8, 4) is 0 Å². The van der Waals surface area contributed by atoms with Gasteiger partial charge in [-0.05, 0) is 24.0 Å². The van der Waals surface area contributed by atoms with Gasteiger partial charge in [0.25, 0.3) is 5.91 Å². The lowest BCUT2D eigenvalue weighted by molar-refractivity contribution is -0.0140. The van der Waals surface area contributed by atoms with E-state index in [1.807, 2.05) is 0 Å². The van der Waals surface area contributed by atoms with Gasteiger partial charge < -0.3 is 10.0 Å². The zero-order valence-corrected chi connectivity index (χ0v) is 13.4. The summed E-state index contributed by atoms with van der Waals surface area (Å²) in [4.78, 5) is 20.2. The van der Waals surface area contributed by atoms with Crippen LogP contribution >= 0.6 is 0 Å². The molecular weight excluding hydrogens is 306 g/mol. The summed E-state index contributed by atoms with van der Waals surface area (Å²) < 4.78 is 0. The number of nitrogens with one attached hydrogen (secondary N) is 1. The van der Waals surface area contributed by atoms with Crippen molar-refractivity contribution in [1.29, 1.82) is 0 Å². The fraction of sp³-hybridized carbons (Fsp3) is 0.471. The van der Waals surface area contributed by atoms with Crippen molar-refractivity contribution < 1.29 is 9.90 Å². The maximum absolute atomic E-state index is 12.3. The molecule has 1 amide bonds. The zero-order valence-electron chi connectivity index (χ0n) is 13.4. The van der Waals surface area contributed by atoms with E-state index >= 15 is 0 Å². The lowest BCUT2D eigenvalue weighted by Gasteiger charge is -2.43. The van der Waals surface area contributed by atoms with Gasteiger partial charge in [-0.1, -0.05) is 24.3 Å². The molecule has 2 atom stereocenters. The summed E-state index contributed by atoms with van der Waals surface area (Å²) in [7, 11) is 0. The van der Waals surface area contributed by atoms with E-state index in [1.54, 1.807) is 4.90 Å². The van der Waals surface area contributed by atoms with Crippen molar-refractivity contribution in [1.82, 2.24) is 25.0 Å². The first-order valence-electron chi connectivity index (χ1n) is 8.36. The Kier molecular flexibility index (Phi) is 4.03. The second-order valence-corrected chi connectivity index (χ2v) is 6.50. The Morgan fingerprint density at radius 3 is 2.83 bits per heavy atom. The van der Waals surface area contributed by atoms with Gasteiger partial charge in [0, 0.05) is 32.2 Å². The number of aliphatic hydroxyl groups is 1. The van der Waals surface area contributed by atoms with E-state index in [9.17, 15) is 9.90 Å². The Bertz CT molecular complexity index is 718. The van der Waals surface area contributed by atoms with Crippen LogP contribution in [0, 0.1) is 0 Å². The monoisotopic (exact) mass is 327 g/mol. The number of carbonyl (C=O) groups excluding carboxylic acids is 1. The van der Waals surface area contributed by atoms with Crippen molar-refractivity contribution in [2.24, 2.45) is 0 Å². The van der Waals surface area contributed by atoms with E-state index < -0.39 is 6.10 Å². The van der Waals surface area contributed by atoms with Crippen LogP contribution in [0.25, 0.3) is 0 Å². The molecule has 3 heterocycles. The molecule has 1 aromatic carbocycles. The van der Waals surface area contributed by atoms with Crippen molar-refractivity contribution >= 4 is 5.91 Å². The Morgan fingerprint density at radius 2 is 2.08 bits per heavy atom. The molecule has 0 saturated carbocycles. The highest BCUT2D eigenvalue weighted by Crippen LogP contribution is 2.25. The van der Waals surface area contributed by atoms with E-state index in [0.29, 0.717) is 13.1 Å². The lowest BCUT2D eigenvalue weighted by Crippen LogP contribution is -2.56. The van der Waals surface area contributed by atoms with E-state index in [2.05, 4.69) is 44.3 Å². The van der Waals surface area contributed by atoms with Crippen LogP contribution in [0.3, 0.4) is 0 Å². The summed E-state index contributed by atoms with van der Waals surface area (Å²) in [6, 6.07) is 8.59. The number of hydrogen-bond acceptors (Lipinski definition) is 5. The first-order chi connectivity index (χ1) is 11.7. The molecule has 1 aromatic heterocycles. The third kappa shape index (κ3) is 2.81. The summed E-state index contributed by atoms with van der Waals surface area (Å²) >= 11 is 0. The van der Waals surface area contributed by atoms with Crippen molar-refractivity contribution in [3.63, 3.8) is 0 Å². The second-order valence-electron chi connectivity index (χ2n) is 6.50. The number of benzene rings is 1. The van der Waals surface area contributed by atoms with Gasteiger partial charge in [-0.2, -0.15) is 5.10 Å². The first-order valence-corrected chi connectivity index (χ1v) is 8.36. The number of piperidine rings is 1. The number of aromatic amines is 1. The minimum atomic E-state index is -0.545. The molecule has 7 heteroatoms. The molecule has 7 nitrogen and oxygen atoms in total. The molecule has 2 aromatic rings. The summed E-state index contributed by atoms with van der Waals surface area (Å²) in [6.07, 6.45) is 2.56. The number of hydrogen-bond donors (Lipinski definition) is 2. The molecule has 0 aliphatic carbocycles. The Balaban J connectivity index is 1.42. The highest BCUT2D eigenvalue weighted by molar-refractivity contribution is 5.90. The maximum atomic E-state index is 12.3. The molecule has 126 valence electrons. The molecule has 1 fully saturated rings. The third-order valence-electron chi connectivity index (χ3n) is 5.08. The number of fused-ring (bicyclic) bond motifs is 1. The normalized spacial score (nSPS) is 24.6. The highest BCUT2D eigenvalue weighted by atomic mass is 16.3. The molecule has 0 unspecified atom stereocenters. The first kappa shape index (κ1) is 15.3. The number of carbonyl (C=O) groups is 1. The van der Waals surface area contributed by atoms with Gasteiger partial charge in [-0.25, -0.2) is 4.98 Å². The summed E-state index contributed by atoms with van der Waals surface area (Å²) in [5.74, 6) is 0.0292. The standard InChI is InChI=1S/C17H21N5O2/c23-15-10-22(17(24)16-18-11-19-20-16)8-6-14(15)21-7-5-12-3-1-2-4-13(12)9-21/h1-4,11,14-15,23H,5-10H2,(H,18,19,20)/t14-,15-/m1/s1. The number of aliphatic hydroxyl groups excluding tert-OH is 1. The molecule has 1 saturated heterocycles. The van der Waals surface area contributed by atoms with Crippen LogP contribution in [0.4, 0.5) is 0 Å². The maximum Gasteiger partial charge on any atom is 0.291 e. The van der Waals surface area contributed by atoms with Crippen molar-refractivity contribution in [2.45, 2.75) is 31.5 Å². The molecular formula is C17H21N5O2. The molecule has 2 N–H and O–H groups in total. The number of aromatic nitrogens is 3. The van der Waals surface area contributed by atoms with Crippen LogP contribution in [0.1, 0.15) is 28.2 Å². The molecule has 4 rings (SSSR count). The Hall–Kier alpha value is -2.25. The molecule has 2 aliphatic rings. The smallest absolute Gasteiger partial charge is 0.291 e. The van der Waals surface area contributed by atoms with Crippen LogP contribution in [0.15, 0.2) is 30.6 Å². The van der Waals surface area contributed by atoms with E-state index in [4.69, 9.17) is 0 Å². The zero-order chi connectivity index (χ0) is 16.5. The van der Waals surface area contributed by atoms with Gasteiger partial charge in [0.05, 0.1) is 6.10 Å². The van der Waals surface area contributed by atoms with Gasteiger partial charge in [0.1, 0.15) is 6.33 Å². The van der Waals surface area contributed by atoms with E-state index in [1.165, 1.54) is 17.5 Å². The summed E-state index contributed by atoms with van der Waals surface area (Å²) in [5, 5.41) is 16.9. The fourth-order valence-corrected chi connectivity index (χ4v) is 3.79. The van der Waals surface area contributed by atoms with Gasteiger partial charge >= 0.3 is 0 Å². The van der Waals surface area contributed by atoms with Crippen LogP contribution in [0.2, 0.25) is 0 Å². The highest BCUT2D eigenvalue weighted by Gasteiger charge is 2.35. The van der Waals surface area contributed by atoms with Gasteiger partial charge in [0.2, 0.25) is 5.82 Å². The number of amides is 1. The third-order valence-corrected chi connectivity index (χ3v) is 5.08. The van der Waals surface area contributed by atoms with Crippen LogP contribution in [-0.4, -0.2) is 67.8 Å². The van der Waals surface area contributed by atoms with Crippen molar-refractivity contribution in [2.75, 3.05) is 19.6 Å². The minimum absolute atomic E-state index is 0.0946. The van der Waals surface area contributed by atoms with E-state index in [-0.39, 0.29) is 17.8 Å². The van der Waals surface area contributed by atoms with Crippen LogP contribution in [0.5, 0.6) is 0 Å². The Labute approximate surface area is 140 Å². The van der Waals surface area contributed by atoms with E-state index in [0.717, 1.165) is 25.9 Å². The number of nitrogens with zero attached hydrogens (tertiary/aromatic N) is 4. The molecule has 0 bridgehead atoms. The van der Waals surface area contributed by atoms with Gasteiger partial charge in [-0.15, -0.1) is 0 Å². The summed E-state index contributed by atoms with van der Waals surface area (Å²) in [5.41, 5.74) is 2.75. The predicted molar refractivity (Wildman–Crippen MR) is 87.3 cm³/mol. The quantitative estimate of drug-likeness (QED) is 0.836. The number of H-pyrrole nitrogens is 1. The molecule has 0 radical (unpaired) electrons. The largest absolute Gasteiger partial charge is 0.390 e. The summed E-state index contributed by atoms with van der Waals surface area (Å²) in [6.45, 7) is 2.78. The average Bonchev–Trinajstić information content (AvgIpc) is 3.15. The topological polar surface area (TPSA) is 85.4 Å². The SMILES string of the molecule is O=C(c1ncn[nH]1)N1CC[C@@H](N2CCc3ccccc3C2)[C@H](O)C1. The second kappa shape index (κ2) is 6.33. The molecule has 0 spiro atoms.